The van der Waals surface area contributed by atoms with Crippen LogP contribution in [0.3, 0.4) is 0 Å². The van der Waals surface area contributed by atoms with Gasteiger partial charge in [-0.15, -0.1) is 0 Å². The number of ether oxygens (including phenoxy) is 1. The molecule has 3 aromatic rings. The van der Waals surface area contributed by atoms with E-state index in [1.54, 1.807) is 13.4 Å². The van der Waals surface area contributed by atoms with Crippen molar-refractivity contribution in [1.29, 1.82) is 0 Å². The summed E-state index contributed by atoms with van der Waals surface area (Å²) >= 11 is 0. The van der Waals surface area contributed by atoms with Crippen LogP contribution in [0.5, 0.6) is 5.75 Å². The minimum absolute atomic E-state index is 0.545. The number of aromatic nitrogens is 5. The number of aryl methyl sites for hydroxylation is 2. The standard InChI is InChI=1S/C24H30N6O/c1-17-15-29(16-26-17)21-7-5-18(14-22(21)31-2)6-8-23-27-24-20(4-3-13-30(24)28-23)19-9-11-25-12-10-19/h5-8,14-16,19-20,25H,3-4,9-13H2,1-2H3. The Hall–Kier alpha value is -2.93. The highest BCUT2D eigenvalue weighted by atomic mass is 16.5. The van der Waals surface area contributed by atoms with Crippen molar-refractivity contribution < 1.29 is 4.74 Å². The number of hydrogen-bond donors (Lipinski definition) is 1. The Balaban J connectivity index is 1.37. The van der Waals surface area contributed by atoms with Crippen molar-refractivity contribution in [2.45, 2.75) is 45.1 Å². The Kier molecular flexibility index (Phi) is 5.59. The van der Waals surface area contributed by atoms with Crippen molar-refractivity contribution in [2.24, 2.45) is 5.92 Å². The zero-order valence-corrected chi connectivity index (χ0v) is 18.3. The average Bonchev–Trinajstić information content (AvgIpc) is 3.43. The van der Waals surface area contributed by atoms with E-state index in [2.05, 4.69) is 33.2 Å². The molecule has 0 saturated carbocycles. The highest BCUT2D eigenvalue weighted by molar-refractivity contribution is 5.69. The van der Waals surface area contributed by atoms with Gasteiger partial charge in [-0.1, -0.05) is 12.1 Å². The molecule has 1 saturated heterocycles. The Morgan fingerprint density at radius 2 is 2.03 bits per heavy atom. The van der Waals surface area contributed by atoms with Crippen LogP contribution in [0.25, 0.3) is 17.8 Å². The second-order valence-electron chi connectivity index (χ2n) is 8.57. The average molecular weight is 419 g/mol. The molecule has 1 N–H and O–H groups in total. The summed E-state index contributed by atoms with van der Waals surface area (Å²) in [6.45, 7) is 5.20. The molecule has 4 heterocycles. The molecule has 1 aromatic carbocycles. The zero-order valence-electron chi connectivity index (χ0n) is 18.3. The number of fused-ring (bicyclic) bond motifs is 1. The van der Waals surface area contributed by atoms with Gasteiger partial charge in [0.2, 0.25) is 0 Å². The molecule has 1 atom stereocenters. The molecule has 162 valence electrons. The van der Waals surface area contributed by atoms with Crippen LogP contribution in [0.4, 0.5) is 0 Å². The van der Waals surface area contributed by atoms with E-state index >= 15 is 0 Å². The van der Waals surface area contributed by atoms with E-state index in [4.69, 9.17) is 14.8 Å². The molecular weight excluding hydrogens is 388 g/mol. The zero-order chi connectivity index (χ0) is 21.2. The van der Waals surface area contributed by atoms with Gasteiger partial charge >= 0.3 is 0 Å². The third-order valence-electron chi connectivity index (χ3n) is 6.50. The van der Waals surface area contributed by atoms with Gasteiger partial charge in [0, 0.05) is 18.7 Å². The van der Waals surface area contributed by atoms with E-state index in [9.17, 15) is 0 Å². The fraction of sp³-hybridized carbons (Fsp3) is 0.458. The van der Waals surface area contributed by atoms with E-state index in [1.165, 1.54) is 31.5 Å². The predicted octanol–water partition coefficient (Wildman–Crippen LogP) is 3.83. The van der Waals surface area contributed by atoms with Gasteiger partial charge in [0.15, 0.2) is 5.82 Å². The molecule has 2 aliphatic rings. The molecule has 0 spiro atoms. The maximum absolute atomic E-state index is 5.63. The number of methoxy groups -OCH3 is 1. The van der Waals surface area contributed by atoms with Gasteiger partial charge < -0.3 is 14.6 Å². The van der Waals surface area contributed by atoms with Crippen LogP contribution in [0.2, 0.25) is 0 Å². The van der Waals surface area contributed by atoms with Crippen LogP contribution in [-0.4, -0.2) is 44.5 Å². The highest BCUT2D eigenvalue weighted by Gasteiger charge is 2.31. The summed E-state index contributed by atoms with van der Waals surface area (Å²) in [7, 11) is 1.70. The molecule has 1 fully saturated rings. The van der Waals surface area contributed by atoms with Crippen LogP contribution >= 0.6 is 0 Å². The van der Waals surface area contributed by atoms with Crippen molar-refractivity contribution in [3.63, 3.8) is 0 Å². The van der Waals surface area contributed by atoms with E-state index in [1.807, 2.05) is 29.8 Å². The summed E-state index contributed by atoms with van der Waals surface area (Å²) < 4.78 is 9.75. The number of benzene rings is 1. The quantitative estimate of drug-likeness (QED) is 0.682. The summed E-state index contributed by atoms with van der Waals surface area (Å²) in [6, 6.07) is 6.17. The highest BCUT2D eigenvalue weighted by Crippen LogP contribution is 2.36. The van der Waals surface area contributed by atoms with E-state index in [0.29, 0.717) is 5.92 Å². The Morgan fingerprint density at radius 1 is 1.16 bits per heavy atom. The minimum atomic E-state index is 0.545. The number of rotatable bonds is 5. The SMILES string of the molecule is COc1cc(C=Cc2nc3n(n2)CCCC3C2CCNCC2)ccc1-n1cnc(C)c1. The molecule has 0 aliphatic carbocycles. The second-order valence-corrected chi connectivity index (χ2v) is 8.57. The minimum Gasteiger partial charge on any atom is -0.495 e. The smallest absolute Gasteiger partial charge is 0.174 e. The van der Waals surface area contributed by atoms with Crippen LogP contribution in [0.1, 0.15) is 54.5 Å². The van der Waals surface area contributed by atoms with Crippen LogP contribution < -0.4 is 10.1 Å². The maximum Gasteiger partial charge on any atom is 0.174 e. The van der Waals surface area contributed by atoms with Gasteiger partial charge in [0.05, 0.1) is 24.8 Å². The summed E-state index contributed by atoms with van der Waals surface area (Å²) in [5, 5.41) is 8.26. The van der Waals surface area contributed by atoms with Gasteiger partial charge in [0.25, 0.3) is 0 Å². The van der Waals surface area contributed by atoms with Crippen LogP contribution in [0, 0.1) is 12.8 Å². The van der Waals surface area contributed by atoms with Crippen molar-refractivity contribution in [3.05, 3.63) is 53.6 Å². The fourth-order valence-electron chi connectivity index (χ4n) is 4.90. The van der Waals surface area contributed by atoms with Gasteiger partial charge in [-0.05, 0) is 75.4 Å². The molecular formula is C24H30N6O. The van der Waals surface area contributed by atoms with Crippen LogP contribution in [-0.2, 0) is 6.54 Å². The summed E-state index contributed by atoms with van der Waals surface area (Å²) in [5.41, 5.74) is 3.00. The van der Waals surface area contributed by atoms with Gasteiger partial charge in [-0.25, -0.2) is 14.6 Å². The first kappa shape index (κ1) is 20.0. The molecule has 0 radical (unpaired) electrons. The van der Waals surface area contributed by atoms with E-state index in [-0.39, 0.29) is 0 Å². The van der Waals surface area contributed by atoms with Crippen molar-refractivity contribution in [2.75, 3.05) is 20.2 Å². The molecule has 1 unspecified atom stereocenters. The monoisotopic (exact) mass is 418 g/mol. The number of imidazole rings is 1. The molecule has 0 amide bonds. The van der Waals surface area contributed by atoms with Crippen LogP contribution in [0.15, 0.2) is 30.7 Å². The Morgan fingerprint density at radius 3 is 2.81 bits per heavy atom. The lowest BCUT2D eigenvalue weighted by molar-refractivity contribution is 0.264. The van der Waals surface area contributed by atoms with Crippen molar-refractivity contribution in [3.8, 4) is 11.4 Å². The fourth-order valence-corrected chi connectivity index (χ4v) is 4.90. The predicted molar refractivity (Wildman–Crippen MR) is 121 cm³/mol. The molecule has 0 bridgehead atoms. The first-order chi connectivity index (χ1) is 15.2. The third kappa shape index (κ3) is 4.14. The number of hydrogen-bond acceptors (Lipinski definition) is 5. The molecule has 2 aromatic heterocycles. The van der Waals surface area contributed by atoms with Gasteiger partial charge in [0.1, 0.15) is 11.6 Å². The van der Waals surface area contributed by atoms with Gasteiger partial charge in [-0.2, -0.15) is 5.10 Å². The normalized spacial score (nSPS) is 19.6. The first-order valence-electron chi connectivity index (χ1n) is 11.2. The number of nitrogens with one attached hydrogen (secondary N) is 1. The largest absolute Gasteiger partial charge is 0.495 e. The Labute approximate surface area is 183 Å². The molecule has 7 heteroatoms. The van der Waals surface area contributed by atoms with Crippen molar-refractivity contribution in [1.82, 2.24) is 29.6 Å². The number of piperidine rings is 1. The summed E-state index contributed by atoms with van der Waals surface area (Å²) in [4.78, 5) is 9.24. The van der Waals surface area contributed by atoms with E-state index in [0.717, 1.165) is 54.1 Å². The molecule has 7 nitrogen and oxygen atoms in total. The summed E-state index contributed by atoms with van der Waals surface area (Å²) in [5.74, 6) is 4.06. The maximum atomic E-state index is 5.63. The lowest BCUT2D eigenvalue weighted by atomic mass is 9.80. The lowest BCUT2D eigenvalue weighted by Gasteiger charge is -2.32. The topological polar surface area (TPSA) is 69.8 Å². The van der Waals surface area contributed by atoms with Crippen molar-refractivity contribution >= 4 is 12.2 Å². The van der Waals surface area contributed by atoms with E-state index < -0.39 is 0 Å². The summed E-state index contributed by atoms with van der Waals surface area (Å²) in [6.07, 6.45) is 12.8. The third-order valence-corrected chi connectivity index (χ3v) is 6.50. The lowest BCUT2D eigenvalue weighted by Crippen LogP contribution is -2.33. The molecule has 5 rings (SSSR count). The Bertz CT molecular complexity index is 1080. The first-order valence-corrected chi connectivity index (χ1v) is 11.2. The second kappa shape index (κ2) is 8.67. The number of nitrogens with zero attached hydrogens (tertiary/aromatic N) is 5. The molecule has 2 aliphatic heterocycles. The van der Waals surface area contributed by atoms with Gasteiger partial charge in [-0.3, -0.25) is 0 Å². The molecule has 31 heavy (non-hydrogen) atoms.